The number of rotatable bonds is 5. The van der Waals surface area contributed by atoms with E-state index < -0.39 is 18.3 Å². The van der Waals surface area contributed by atoms with Gasteiger partial charge in [-0.05, 0) is 69.9 Å². The zero-order valence-electron chi connectivity index (χ0n) is 19.5. The molecule has 3 amide bonds. The number of aryl methyl sites for hydroxylation is 1. The van der Waals surface area contributed by atoms with Crippen molar-refractivity contribution in [2.75, 3.05) is 4.90 Å². The minimum atomic E-state index is -0.541. The number of nitrogens with zero attached hydrogens (tertiary/aromatic N) is 1. The Morgan fingerprint density at radius 3 is 2.09 bits per heavy atom. The van der Waals surface area contributed by atoms with Crippen LogP contribution in [-0.4, -0.2) is 36.0 Å². The lowest BCUT2D eigenvalue weighted by molar-refractivity contribution is -0.119. The van der Waals surface area contributed by atoms with Crippen LogP contribution in [-0.2, 0) is 25.4 Å². The highest BCUT2D eigenvalue weighted by Gasteiger charge is 2.52. The van der Waals surface area contributed by atoms with Gasteiger partial charge in [-0.15, -0.1) is 0 Å². The summed E-state index contributed by atoms with van der Waals surface area (Å²) in [7, 11) is -0.541. The number of carbonyl (C=O) groups excluding carboxylic acids is 3. The average Bonchev–Trinajstić information content (AvgIpc) is 3.20. The molecule has 0 spiro atoms. The number of imide groups is 1. The van der Waals surface area contributed by atoms with Gasteiger partial charge in [0.25, 0.3) is 17.7 Å². The number of benzene rings is 2. The largest absolute Gasteiger partial charge is 0.495 e. The van der Waals surface area contributed by atoms with Crippen molar-refractivity contribution in [2.45, 2.75) is 52.4 Å². The molecule has 8 heteroatoms. The quantitative estimate of drug-likeness (QED) is 0.564. The lowest BCUT2D eigenvalue weighted by Gasteiger charge is -2.32. The van der Waals surface area contributed by atoms with E-state index in [0.717, 1.165) is 21.5 Å². The van der Waals surface area contributed by atoms with Crippen molar-refractivity contribution >= 4 is 36.0 Å². The van der Waals surface area contributed by atoms with E-state index in [-0.39, 0.29) is 17.7 Å². The van der Waals surface area contributed by atoms with Crippen LogP contribution in [0.3, 0.4) is 0 Å². The molecule has 0 bridgehead atoms. The van der Waals surface area contributed by atoms with Gasteiger partial charge < -0.3 is 14.6 Å². The summed E-state index contributed by atoms with van der Waals surface area (Å²) in [5.74, 6) is -0.942. The molecular formula is C25H27BN2O5. The van der Waals surface area contributed by atoms with Crippen molar-refractivity contribution in [3.63, 3.8) is 0 Å². The lowest BCUT2D eigenvalue weighted by Crippen LogP contribution is -2.41. The van der Waals surface area contributed by atoms with Gasteiger partial charge in [-0.2, -0.15) is 0 Å². The second-order valence-electron chi connectivity index (χ2n) is 9.35. The van der Waals surface area contributed by atoms with Crippen LogP contribution in [0.25, 0.3) is 0 Å². The number of hydrogen-bond acceptors (Lipinski definition) is 5. The molecule has 1 fully saturated rings. The van der Waals surface area contributed by atoms with Gasteiger partial charge in [0.15, 0.2) is 0 Å². The average molecular weight is 446 g/mol. The highest BCUT2D eigenvalue weighted by atomic mass is 16.7. The molecule has 0 atom stereocenters. The third kappa shape index (κ3) is 4.36. The molecule has 0 saturated carbocycles. The highest BCUT2D eigenvalue weighted by molar-refractivity contribution is 6.62. The molecule has 2 aromatic rings. The SMILES string of the molecule is Cc1ccc(C(=O)NCc2ccc(N3C(=O)C=CC3=O)cc2)cc1B1OC(C)(C)C(C)(C)O1. The molecule has 2 heterocycles. The Morgan fingerprint density at radius 2 is 1.52 bits per heavy atom. The Labute approximate surface area is 193 Å². The maximum Gasteiger partial charge on any atom is 0.495 e. The van der Waals surface area contributed by atoms with Crippen molar-refractivity contribution in [1.82, 2.24) is 5.32 Å². The van der Waals surface area contributed by atoms with Crippen LogP contribution in [0.1, 0.15) is 49.2 Å². The monoisotopic (exact) mass is 446 g/mol. The molecule has 2 aliphatic rings. The summed E-state index contributed by atoms with van der Waals surface area (Å²) in [6.07, 6.45) is 2.49. The second-order valence-corrected chi connectivity index (χ2v) is 9.35. The predicted molar refractivity (Wildman–Crippen MR) is 126 cm³/mol. The summed E-state index contributed by atoms with van der Waals surface area (Å²) < 4.78 is 12.3. The summed E-state index contributed by atoms with van der Waals surface area (Å²) in [6, 6.07) is 12.4. The summed E-state index contributed by atoms with van der Waals surface area (Å²) in [5.41, 5.74) is 2.75. The molecule has 4 rings (SSSR count). The molecule has 0 aromatic heterocycles. The van der Waals surface area contributed by atoms with Gasteiger partial charge in [0.2, 0.25) is 0 Å². The smallest absolute Gasteiger partial charge is 0.399 e. The van der Waals surface area contributed by atoms with Crippen LogP contribution in [0.2, 0.25) is 0 Å². The fraction of sp³-hybridized carbons (Fsp3) is 0.320. The minimum Gasteiger partial charge on any atom is -0.399 e. The van der Waals surface area contributed by atoms with Crippen molar-refractivity contribution < 1.29 is 23.7 Å². The van der Waals surface area contributed by atoms with Crippen molar-refractivity contribution in [3.8, 4) is 0 Å². The topological polar surface area (TPSA) is 84.9 Å². The molecule has 0 aliphatic carbocycles. The van der Waals surface area contributed by atoms with Crippen molar-refractivity contribution in [2.24, 2.45) is 0 Å². The Bertz CT molecular complexity index is 1120. The van der Waals surface area contributed by atoms with E-state index in [1.807, 2.05) is 46.8 Å². The minimum absolute atomic E-state index is 0.217. The first-order chi connectivity index (χ1) is 15.5. The van der Waals surface area contributed by atoms with Gasteiger partial charge in [-0.3, -0.25) is 14.4 Å². The number of carbonyl (C=O) groups is 3. The summed E-state index contributed by atoms with van der Waals surface area (Å²) in [6.45, 7) is 10.3. The zero-order chi connectivity index (χ0) is 24.0. The van der Waals surface area contributed by atoms with Crippen LogP contribution in [0.5, 0.6) is 0 Å². The van der Waals surface area contributed by atoms with E-state index in [4.69, 9.17) is 9.31 Å². The molecule has 2 aromatic carbocycles. The maximum atomic E-state index is 12.8. The van der Waals surface area contributed by atoms with E-state index in [1.54, 1.807) is 30.3 Å². The van der Waals surface area contributed by atoms with Crippen molar-refractivity contribution in [3.05, 3.63) is 71.3 Å². The van der Waals surface area contributed by atoms with Gasteiger partial charge in [0.1, 0.15) is 0 Å². The number of amides is 3. The van der Waals surface area contributed by atoms with Gasteiger partial charge in [0.05, 0.1) is 16.9 Å². The molecular weight excluding hydrogens is 419 g/mol. The normalized spacial score (nSPS) is 18.8. The Hall–Kier alpha value is -3.23. The first-order valence-electron chi connectivity index (χ1n) is 10.9. The molecule has 2 aliphatic heterocycles. The predicted octanol–water partition coefficient (Wildman–Crippen LogP) is 2.65. The molecule has 170 valence electrons. The summed E-state index contributed by atoms with van der Waals surface area (Å²) in [5, 5.41) is 2.91. The maximum absolute atomic E-state index is 12.8. The van der Waals surface area contributed by atoms with Gasteiger partial charge in [-0.1, -0.05) is 23.8 Å². The van der Waals surface area contributed by atoms with Gasteiger partial charge in [0, 0.05) is 24.3 Å². The third-order valence-electron chi connectivity index (χ3n) is 6.51. The van der Waals surface area contributed by atoms with Crippen LogP contribution in [0.15, 0.2) is 54.6 Å². The van der Waals surface area contributed by atoms with E-state index >= 15 is 0 Å². The summed E-state index contributed by atoms with van der Waals surface area (Å²) in [4.78, 5) is 37.5. The van der Waals surface area contributed by atoms with E-state index in [9.17, 15) is 14.4 Å². The molecule has 1 N–H and O–H groups in total. The van der Waals surface area contributed by atoms with Crippen LogP contribution < -0.4 is 15.7 Å². The van der Waals surface area contributed by atoms with Gasteiger partial charge in [-0.25, -0.2) is 4.90 Å². The zero-order valence-corrected chi connectivity index (χ0v) is 19.5. The number of hydrogen-bond donors (Lipinski definition) is 1. The summed E-state index contributed by atoms with van der Waals surface area (Å²) >= 11 is 0. The first kappa shape index (κ1) is 23.0. The number of nitrogens with one attached hydrogen (secondary N) is 1. The first-order valence-corrected chi connectivity index (χ1v) is 10.9. The highest BCUT2D eigenvalue weighted by Crippen LogP contribution is 2.36. The van der Waals surface area contributed by atoms with Crippen LogP contribution in [0.4, 0.5) is 5.69 Å². The third-order valence-corrected chi connectivity index (χ3v) is 6.51. The molecule has 0 radical (unpaired) electrons. The molecule has 7 nitrogen and oxygen atoms in total. The fourth-order valence-corrected chi connectivity index (χ4v) is 3.71. The number of anilines is 1. The molecule has 0 unspecified atom stereocenters. The van der Waals surface area contributed by atoms with E-state index in [0.29, 0.717) is 17.8 Å². The van der Waals surface area contributed by atoms with Gasteiger partial charge >= 0.3 is 7.12 Å². The van der Waals surface area contributed by atoms with Crippen molar-refractivity contribution in [1.29, 1.82) is 0 Å². The standard InChI is InChI=1S/C25H27BN2O5/c1-16-6-9-18(14-20(16)26-32-24(2,3)25(4,5)33-26)23(31)27-15-17-7-10-19(11-8-17)28-21(29)12-13-22(28)30/h6-14H,15H2,1-5H3,(H,27,31). The fourth-order valence-electron chi connectivity index (χ4n) is 3.71. The molecule has 1 saturated heterocycles. The van der Waals surface area contributed by atoms with Crippen LogP contribution >= 0.6 is 0 Å². The second kappa shape index (κ2) is 8.28. The Morgan fingerprint density at radius 1 is 0.939 bits per heavy atom. The van der Waals surface area contributed by atoms with E-state index in [2.05, 4.69) is 5.32 Å². The Kier molecular flexibility index (Phi) is 5.76. The Balaban J connectivity index is 1.43. The van der Waals surface area contributed by atoms with Crippen LogP contribution in [0, 0.1) is 6.92 Å². The lowest BCUT2D eigenvalue weighted by atomic mass is 9.75. The van der Waals surface area contributed by atoms with E-state index in [1.165, 1.54) is 12.2 Å². The molecule has 33 heavy (non-hydrogen) atoms.